The van der Waals surface area contributed by atoms with Crippen LogP contribution < -0.4 is 11.1 Å². The highest BCUT2D eigenvalue weighted by Crippen LogP contribution is 2.47. The Morgan fingerprint density at radius 2 is 2.00 bits per heavy atom. The second kappa shape index (κ2) is 4.45. The van der Waals surface area contributed by atoms with E-state index in [1.807, 2.05) is 0 Å². The molecule has 0 spiro atoms. The standard InChI is InChI=1S/C15H25N3O/c16-4-10-3-11-7-18(8-14(10)11)15(19)13-6-17-5-12(13)9-1-2-9/h9-14,17H,1-8,16H2/t10-,11-,12-,13+,14-/m0/s1. The van der Waals surface area contributed by atoms with Crippen LogP contribution >= 0.6 is 0 Å². The van der Waals surface area contributed by atoms with Crippen molar-refractivity contribution < 1.29 is 4.79 Å². The predicted molar refractivity (Wildman–Crippen MR) is 73.3 cm³/mol. The Bertz CT molecular complexity index is 382. The SMILES string of the molecule is NC[C@@H]1C[C@H]2CN(C(=O)[C@@H]3CNC[C@H]3C3CC3)C[C@@H]12. The maximum Gasteiger partial charge on any atom is 0.227 e. The largest absolute Gasteiger partial charge is 0.342 e. The summed E-state index contributed by atoms with van der Waals surface area (Å²) >= 11 is 0. The summed E-state index contributed by atoms with van der Waals surface area (Å²) in [6.45, 7) is 4.77. The number of nitrogens with one attached hydrogen (secondary N) is 1. The molecule has 19 heavy (non-hydrogen) atoms. The molecule has 4 fully saturated rings. The molecule has 0 bridgehead atoms. The summed E-state index contributed by atoms with van der Waals surface area (Å²) in [4.78, 5) is 14.9. The van der Waals surface area contributed by atoms with Gasteiger partial charge in [-0.3, -0.25) is 4.79 Å². The number of carbonyl (C=O) groups excluding carboxylic acids is 1. The summed E-state index contributed by atoms with van der Waals surface area (Å²) < 4.78 is 0. The maximum atomic E-state index is 12.8. The number of nitrogens with two attached hydrogens (primary N) is 1. The van der Waals surface area contributed by atoms with Gasteiger partial charge in [-0.15, -0.1) is 0 Å². The Kier molecular flexibility index (Phi) is 2.85. The molecule has 0 unspecified atom stereocenters. The van der Waals surface area contributed by atoms with E-state index in [2.05, 4.69) is 10.2 Å². The van der Waals surface area contributed by atoms with Crippen molar-refractivity contribution in [2.75, 3.05) is 32.7 Å². The molecule has 0 aromatic heterocycles. The first-order valence-corrected chi connectivity index (χ1v) is 7.97. The van der Waals surface area contributed by atoms with Crippen LogP contribution in [-0.2, 0) is 4.79 Å². The van der Waals surface area contributed by atoms with Crippen LogP contribution in [0.3, 0.4) is 0 Å². The van der Waals surface area contributed by atoms with E-state index >= 15 is 0 Å². The van der Waals surface area contributed by atoms with Crippen LogP contribution in [0.25, 0.3) is 0 Å². The average molecular weight is 263 g/mol. The van der Waals surface area contributed by atoms with Crippen molar-refractivity contribution in [1.29, 1.82) is 0 Å². The van der Waals surface area contributed by atoms with Crippen molar-refractivity contribution in [3.8, 4) is 0 Å². The van der Waals surface area contributed by atoms with Gasteiger partial charge in [0.05, 0.1) is 5.92 Å². The molecule has 0 aromatic rings. The van der Waals surface area contributed by atoms with Crippen molar-refractivity contribution in [1.82, 2.24) is 10.2 Å². The van der Waals surface area contributed by atoms with E-state index in [0.717, 1.165) is 44.6 Å². The number of rotatable bonds is 3. The van der Waals surface area contributed by atoms with Gasteiger partial charge in [0.15, 0.2) is 0 Å². The van der Waals surface area contributed by atoms with Gasteiger partial charge in [-0.05, 0) is 61.9 Å². The highest BCUT2D eigenvalue weighted by molar-refractivity contribution is 5.80. The third kappa shape index (κ3) is 1.91. The van der Waals surface area contributed by atoms with Crippen molar-refractivity contribution in [3.05, 3.63) is 0 Å². The summed E-state index contributed by atoms with van der Waals surface area (Å²) in [5.41, 5.74) is 5.79. The minimum Gasteiger partial charge on any atom is -0.342 e. The van der Waals surface area contributed by atoms with E-state index in [1.165, 1.54) is 19.3 Å². The van der Waals surface area contributed by atoms with Crippen molar-refractivity contribution in [2.24, 2.45) is 41.2 Å². The molecule has 2 saturated carbocycles. The van der Waals surface area contributed by atoms with Crippen LogP contribution in [-0.4, -0.2) is 43.5 Å². The van der Waals surface area contributed by atoms with Gasteiger partial charge in [-0.1, -0.05) is 0 Å². The van der Waals surface area contributed by atoms with Gasteiger partial charge < -0.3 is 16.0 Å². The van der Waals surface area contributed by atoms with Crippen LogP contribution in [0.1, 0.15) is 19.3 Å². The molecule has 4 aliphatic rings. The van der Waals surface area contributed by atoms with Gasteiger partial charge >= 0.3 is 0 Å². The fourth-order valence-corrected chi connectivity index (χ4v) is 4.72. The molecule has 106 valence electrons. The van der Waals surface area contributed by atoms with E-state index in [0.29, 0.717) is 23.7 Å². The second-order valence-electron chi connectivity index (χ2n) is 7.16. The molecule has 0 aromatic carbocycles. The molecule has 2 aliphatic carbocycles. The topological polar surface area (TPSA) is 58.4 Å². The fourth-order valence-electron chi connectivity index (χ4n) is 4.72. The van der Waals surface area contributed by atoms with E-state index in [1.54, 1.807) is 0 Å². The number of fused-ring (bicyclic) bond motifs is 1. The summed E-state index contributed by atoms with van der Waals surface area (Å²) in [5, 5.41) is 3.44. The van der Waals surface area contributed by atoms with Crippen molar-refractivity contribution >= 4 is 5.91 Å². The van der Waals surface area contributed by atoms with Crippen LogP contribution in [0.4, 0.5) is 0 Å². The molecule has 4 nitrogen and oxygen atoms in total. The molecule has 3 N–H and O–H groups in total. The summed E-state index contributed by atoms with van der Waals surface area (Å²) in [7, 11) is 0. The maximum absolute atomic E-state index is 12.8. The zero-order valence-corrected chi connectivity index (χ0v) is 11.6. The van der Waals surface area contributed by atoms with E-state index in [4.69, 9.17) is 5.73 Å². The minimum absolute atomic E-state index is 0.265. The zero-order chi connectivity index (χ0) is 13.0. The molecule has 4 heteroatoms. The number of hydrogen-bond acceptors (Lipinski definition) is 3. The normalized spacial score (nSPS) is 45.1. The molecule has 2 heterocycles. The highest BCUT2D eigenvalue weighted by atomic mass is 16.2. The molecule has 2 saturated heterocycles. The second-order valence-corrected chi connectivity index (χ2v) is 7.16. The van der Waals surface area contributed by atoms with Gasteiger partial charge in [0, 0.05) is 19.6 Å². The molecule has 1 amide bonds. The highest BCUT2D eigenvalue weighted by Gasteiger charge is 2.50. The lowest BCUT2D eigenvalue weighted by atomic mass is 9.67. The first-order chi connectivity index (χ1) is 9.28. The van der Waals surface area contributed by atoms with Crippen LogP contribution in [0.2, 0.25) is 0 Å². The number of likely N-dealkylation sites (tertiary alicyclic amines) is 1. The summed E-state index contributed by atoms with van der Waals surface area (Å²) in [6, 6.07) is 0. The van der Waals surface area contributed by atoms with Crippen LogP contribution in [0, 0.1) is 35.5 Å². The van der Waals surface area contributed by atoms with E-state index < -0.39 is 0 Å². The quantitative estimate of drug-likeness (QED) is 0.769. The van der Waals surface area contributed by atoms with Crippen molar-refractivity contribution in [2.45, 2.75) is 19.3 Å². The molecule has 4 rings (SSSR count). The molecule has 2 aliphatic heterocycles. The lowest BCUT2D eigenvalue weighted by Crippen LogP contribution is -2.40. The van der Waals surface area contributed by atoms with E-state index in [-0.39, 0.29) is 5.92 Å². The first kappa shape index (κ1) is 12.2. The van der Waals surface area contributed by atoms with Gasteiger partial charge in [0.2, 0.25) is 5.91 Å². The predicted octanol–water partition coefficient (Wildman–Crippen LogP) is 0.285. The monoisotopic (exact) mass is 263 g/mol. The average Bonchev–Trinajstić information content (AvgIpc) is 3.03. The minimum atomic E-state index is 0.265. The Hall–Kier alpha value is -0.610. The Morgan fingerprint density at radius 1 is 1.16 bits per heavy atom. The molecular formula is C15H25N3O. The first-order valence-electron chi connectivity index (χ1n) is 7.97. The lowest BCUT2D eigenvalue weighted by molar-refractivity contribution is -0.135. The third-order valence-electron chi connectivity index (χ3n) is 6.12. The number of amides is 1. The van der Waals surface area contributed by atoms with Gasteiger partial charge in [0.25, 0.3) is 0 Å². The van der Waals surface area contributed by atoms with Crippen LogP contribution in [0.15, 0.2) is 0 Å². The molecule has 5 atom stereocenters. The summed E-state index contributed by atoms with van der Waals surface area (Å²) in [6.07, 6.45) is 3.94. The molecular weight excluding hydrogens is 238 g/mol. The Labute approximate surface area is 115 Å². The van der Waals surface area contributed by atoms with Crippen molar-refractivity contribution in [3.63, 3.8) is 0 Å². The van der Waals surface area contributed by atoms with E-state index in [9.17, 15) is 4.79 Å². The number of hydrogen-bond donors (Lipinski definition) is 2. The zero-order valence-electron chi connectivity index (χ0n) is 11.6. The molecule has 0 radical (unpaired) electrons. The Morgan fingerprint density at radius 3 is 2.74 bits per heavy atom. The Balaban J connectivity index is 1.41. The van der Waals surface area contributed by atoms with Gasteiger partial charge in [0.1, 0.15) is 0 Å². The fraction of sp³-hybridized carbons (Fsp3) is 0.933. The number of nitrogens with zero attached hydrogens (tertiary/aromatic N) is 1. The van der Waals surface area contributed by atoms with Crippen LogP contribution in [0.5, 0.6) is 0 Å². The lowest BCUT2D eigenvalue weighted by Gasteiger charge is -2.38. The number of carbonyl (C=O) groups is 1. The van der Waals surface area contributed by atoms with Gasteiger partial charge in [-0.25, -0.2) is 0 Å². The smallest absolute Gasteiger partial charge is 0.227 e. The van der Waals surface area contributed by atoms with Gasteiger partial charge in [-0.2, -0.15) is 0 Å². The third-order valence-corrected chi connectivity index (χ3v) is 6.12. The summed E-state index contributed by atoms with van der Waals surface area (Å²) in [5.74, 6) is 4.31.